The lowest BCUT2D eigenvalue weighted by Gasteiger charge is -2.20. The van der Waals surface area contributed by atoms with Crippen molar-refractivity contribution >= 4 is 17.5 Å². The number of carbonyl (C=O) groups excluding carboxylic acids is 1. The molecular weight excluding hydrogens is 223 g/mol. The van der Waals surface area contributed by atoms with Crippen LogP contribution in [0, 0.1) is 11.7 Å². The molecule has 1 aromatic rings. The summed E-state index contributed by atoms with van der Waals surface area (Å²) in [5.41, 5.74) is 0.512. The summed E-state index contributed by atoms with van der Waals surface area (Å²) in [6, 6.07) is 6.00. The van der Waals surface area contributed by atoms with Gasteiger partial charge in [0.1, 0.15) is 5.82 Å². The molecule has 1 fully saturated rings. The zero-order chi connectivity index (χ0) is 11.4. The van der Waals surface area contributed by atoms with Crippen LogP contribution in [0.2, 0.25) is 0 Å². The van der Waals surface area contributed by atoms with Gasteiger partial charge < -0.3 is 0 Å². The molecule has 0 N–H and O–H groups in total. The van der Waals surface area contributed by atoms with Crippen LogP contribution < -0.4 is 0 Å². The van der Waals surface area contributed by atoms with Crippen molar-refractivity contribution in [3.63, 3.8) is 0 Å². The molecule has 0 saturated carbocycles. The zero-order valence-corrected chi connectivity index (χ0v) is 9.93. The minimum absolute atomic E-state index is 0.0800. The number of hydrogen-bond acceptors (Lipinski definition) is 2. The van der Waals surface area contributed by atoms with Gasteiger partial charge in [0.2, 0.25) is 0 Å². The fourth-order valence-electron chi connectivity index (χ4n) is 1.99. The van der Waals surface area contributed by atoms with Crippen LogP contribution >= 0.6 is 11.8 Å². The topological polar surface area (TPSA) is 17.1 Å². The number of benzene rings is 1. The van der Waals surface area contributed by atoms with Crippen molar-refractivity contribution in [1.29, 1.82) is 0 Å². The van der Waals surface area contributed by atoms with Crippen LogP contribution in [0.1, 0.15) is 29.6 Å². The highest BCUT2D eigenvalue weighted by Gasteiger charge is 2.18. The number of halogens is 1. The minimum atomic E-state index is -0.329. The number of thioether (sulfide) groups is 1. The summed E-state index contributed by atoms with van der Waals surface area (Å²) in [4.78, 5) is 11.9. The molecule has 0 aliphatic carbocycles. The van der Waals surface area contributed by atoms with Gasteiger partial charge >= 0.3 is 0 Å². The largest absolute Gasteiger partial charge is 0.294 e. The molecule has 16 heavy (non-hydrogen) atoms. The third-order valence-corrected chi connectivity index (χ3v) is 4.01. The Balaban J connectivity index is 1.97. The van der Waals surface area contributed by atoms with E-state index >= 15 is 0 Å². The first-order valence-electron chi connectivity index (χ1n) is 5.62. The average Bonchev–Trinajstić information content (AvgIpc) is 2.30. The van der Waals surface area contributed by atoms with E-state index < -0.39 is 0 Å². The second kappa shape index (κ2) is 5.48. The smallest absolute Gasteiger partial charge is 0.163 e. The maximum absolute atomic E-state index is 13.0. The molecule has 0 spiro atoms. The summed E-state index contributed by atoms with van der Waals surface area (Å²) < 4.78 is 13.0. The highest BCUT2D eigenvalue weighted by Crippen LogP contribution is 2.26. The SMILES string of the molecule is O=C(CC1CCSCC1)c1cccc(F)c1. The first kappa shape index (κ1) is 11.6. The van der Waals surface area contributed by atoms with E-state index in [4.69, 9.17) is 0 Å². The van der Waals surface area contributed by atoms with Crippen molar-refractivity contribution in [1.82, 2.24) is 0 Å². The van der Waals surface area contributed by atoms with Gasteiger partial charge in [-0.2, -0.15) is 11.8 Å². The number of hydrogen-bond donors (Lipinski definition) is 0. The van der Waals surface area contributed by atoms with E-state index in [2.05, 4.69) is 0 Å². The lowest BCUT2D eigenvalue weighted by Crippen LogP contribution is -2.14. The number of carbonyl (C=O) groups is 1. The Hall–Kier alpha value is -0.830. The number of Topliss-reactive ketones (excluding diaryl/α,β-unsaturated/α-hetero) is 1. The summed E-state index contributed by atoms with van der Waals surface area (Å²) >= 11 is 1.95. The van der Waals surface area contributed by atoms with Crippen LogP contribution in [0.5, 0.6) is 0 Å². The quantitative estimate of drug-likeness (QED) is 0.749. The van der Waals surface area contributed by atoms with E-state index in [0.717, 1.165) is 24.3 Å². The van der Waals surface area contributed by atoms with Gasteiger partial charge in [0.15, 0.2) is 5.78 Å². The third kappa shape index (κ3) is 3.08. The van der Waals surface area contributed by atoms with E-state index in [0.29, 0.717) is 17.9 Å². The molecule has 0 amide bonds. The Labute approximate surface area is 99.4 Å². The Morgan fingerprint density at radius 1 is 1.38 bits per heavy atom. The van der Waals surface area contributed by atoms with Gasteiger partial charge in [-0.1, -0.05) is 12.1 Å². The van der Waals surface area contributed by atoms with Gasteiger partial charge in [-0.15, -0.1) is 0 Å². The van der Waals surface area contributed by atoms with Crippen molar-refractivity contribution in [2.24, 2.45) is 5.92 Å². The predicted molar refractivity (Wildman–Crippen MR) is 65.4 cm³/mol. The molecule has 1 aromatic carbocycles. The first-order valence-corrected chi connectivity index (χ1v) is 6.77. The summed E-state index contributed by atoms with van der Waals surface area (Å²) in [5, 5.41) is 0. The Bertz CT molecular complexity index is 372. The molecule has 1 nitrogen and oxygen atoms in total. The fraction of sp³-hybridized carbons (Fsp3) is 0.462. The van der Waals surface area contributed by atoms with Gasteiger partial charge in [0.05, 0.1) is 0 Å². The summed E-state index contributed by atoms with van der Waals surface area (Å²) in [7, 11) is 0. The molecule has 86 valence electrons. The van der Waals surface area contributed by atoms with Crippen molar-refractivity contribution in [2.75, 3.05) is 11.5 Å². The predicted octanol–water partition coefficient (Wildman–Crippen LogP) is 3.54. The van der Waals surface area contributed by atoms with Crippen molar-refractivity contribution in [3.05, 3.63) is 35.6 Å². The van der Waals surface area contributed by atoms with Crippen LogP contribution in [0.4, 0.5) is 4.39 Å². The monoisotopic (exact) mass is 238 g/mol. The number of rotatable bonds is 3. The van der Waals surface area contributed by atoms with E-state index in [1.54, 1.807) is 12.1 Å². The molecule has 0 bridgehead atoms. The van der Waals surface area contributed by atoms with E-state index in [1.165, 1.54) is 12.1 Å². The molecule has 1 aliphatic rings. The first-order chi connectivity index (χ1) is 7.75. The molecule has 1 saturated heterocycles. The standard InChI is InChI=1S/C13H15FOS/c14-12-3-1-2-11(9-12)13(15)8-10-4-6-16-7-5-10/h1-3,9-10H,4-8H2. The highest BCUT2D eigenvalue weighted by atomic mass is 32.2. The minimum Gasteiger partial charge on any atom is -0.294 e. The maximum atomic E-state index is 13.0. The van der Waals surface area contributed by atoms with Crippen molar-refractivity contribution in [3.8, 4) is 0 Å². The molecule has 1 aliphatic heterocycles. The van der Waals surface area contributed by atoms with Gasteiger partial charge in [0.25, 0.3) is 0 Å². The third-order valence-electron chi connectivity index (χ3n) is 2.96. The average molecular weight is 238 g/mol. The summed E-state index contributed by atoms with van der Waals surface area (Å²) in [5.74, 6) is 2.56. The zero-order valence-electron chi connectivity index (χ0n) is 9.12. The van der Waals surface area contributed by atoms with Crippen LogP contribution in [0.25, 0.3) is 0 Å². The van der Waals surface area contributed by atoms with Gasteiger partial charge in [-0.25, -0.2) is 4.39 Å². The van der Waals surface area contributed by atoms with Crippen LogP contribution in [0.15, 0.2) is 24.3 Å². The lowest BCUT2D eigenvalue weighted by molar-refractivity contribution is 0.0958. The summed E-state index contributed by atoms with van der Waals surface area (Å²) in [6.07, 6.45) is 2.81. The normalized spacial score (nSPS) is 17.3. The lowest BCUT2D eigenvalue weighted by atomic mass is 9.93. The summed E-state index contributed by atoms with van der Waals surface area (Å²) in [6.45, 7) is 0. The molecule has 1 heterocycles. The number of ketones is 1. The van der Waals surface area contributed by atoms with E-state index in [-0.39, 0.29) is 11.6 Å². The van der Waals surface area contributed by atoms with E-state index in [9.17, 15) is 9.18 Å². The molecule has 2 rings (SSSR count). The molecule has 0 unspecified atom stereocenters. The Kier molecular flexibility index (Phi) is 3.99. The fourth-order valence-corrected chi connectivity index (χ4v) is 3.20. The Morgan fingerprint density at radius 3 is 2.81 bits per heavy atom. The molecule has 3 heteroatoms. The van der Waals surface area contributed by atoms with Crippen LogP contribution in [-0.4, -0.2) is 17.3 Å². The molecule has 0 radical (unpaired) electrons. The second-order valence-electron chi connectivity index (χ2n) is 4.19. The maximum Gasteiger partial charge on any atom is 0.163 e. The molecule has 0 atom stereocenters. The van der Waals surface area contributed by atoms with Gasteiger partial charge in [-0.05, 0) is 42.4 Å². The molecular formula is C13H15FOS. The van der Waals surface area contributed by atoms with Crippen LogP contribution in [0.3, 0.4) is 0 Å². The van der Waals surface area contributed by atoms with Crippen LogP contribution in [-0.2, 0) is 0 Å². The van der Waals surface area contributed by atoms with Crippen molar-refractivity contribution < 1.29 is 9.18 Å². The van der Waals surface area contributed by atoms with E-state index in [1.807, 2.05) is 11.8 Å². The second-order valence-corrected chi connectivity index (χ2v) is 5.42. The van der Waals surface area contributed by atoms with Crippen molar-refractivity contribution in [2.45, 2.75) is 19.3 Å². The Morgan fingerprint density at radius 2 is 2.12 bits per heavy atom. The highest BCUT2D eigenvalue weighted by molar-refractivity contribution is 7.99. The van der Waals surface area contributed by atoms with Gasteiger partial charge in [0, 0.05) is 12.0 Å². The molecule has 0 aromatic heterocycles. The van der Waals surface area contributed by atoms with Gasteiger partial charge in [-0.3, -0.25) is 4.79 Å².